The van der Waals surface area contributed by atoms with Crippen molar-refractivity contribution >= 4 is 0 Å². The van der Waals surface area contributed by atoms with Crippen LogP contribution in [0.5, 0.6) is 0 Å². The first-order valence-electron chi connectivity index (χ1n) is 5.24. The van der Waals surface area contributed by atoms with E-state index in [0.717, 1.165) is 6.42 Å². The summed E-state index contributed by atoms with van der Waals surface area (Å²) in [7, 11) is 0. The van der Waals surface area contributed by atoms with E-state index in [1.165, 1.54) is 0 Å². The lowest BCUT2D eigenvalue weighted by molar-refractivity contribution is -0.281. The number of nitrogens with one attached hydrogen (secondary N) is 2. The van der Waals surface area contributed by atoms with Crippen LogP contribution in [-0.4, -0.2) is 38.5 Å². The molecule has 104 valence electrons. The largest absolute Gasteiger partial charge is 0.401 e. The van der Waals surface area contributed by atoms with Crippen molar-refractivity contribution in [3.05, 3.63) is 0 Å². The van der Waals surface area contributed by atoms with Crippen molar-refractivity contribution in [3.8, 4) is 0 Å². The molecule has 2 nitrogen and oxygen atoms in total. The van der Waals surface area contributed by atoms with E-state index in [-0.39, 0.29) is 6.54 Å². The number of alkyl halides is 6. The van der Waals surface area contributed by atoms with Crippen molar-refractivity contribution in [2.75, 3.05) is 26.2 Å². The fourth-order valence-corrected chi connectivity index (χ4v) is 1.14. The Morgan fingerprint density at radius 3 is 1.71 bits per heavy atom. The summed E-state index contributed by atoms with van der Waals surface area (Å²) in [6.07, 6.45) is -9.67. The first-order valence-corrected chi connectivity index (χ1v) is 5.24. The monoisotopic (exact) mass is 266 g/mol. The molecule has 0 atom stereocenters. The van der Waals surface area contributed by atoms with Gasteiger partial charge in [0.1, 0.15) is 0 Å². The van der Waals surface area contributed by atoms with E-state index >= 15 is 0 Å². The first-order chi connectivity index (χ1) is 7.69. The highest BCUT2D eigenvalue weighted by molar-refractivity contribution is 4.77. The molecule has 8 heteroatoms. The maximum Gasteiger partial charge on any atom is 0.401 e. The molecule has 0 heterocycles. The first kappa shape index (κ1) is 16.5. The van der Waals surface area contributed by atoms with E-state index in [1.54, 1.807) is 0 Å². The minimum absolute atomic E-state index is 0.0721. The second-order valence-electron chi connectivity index (χ2n) is 3.59. The topological polar surface area (TPSA) is 24.1 Å². The zero-order chi connectivity index (χ0) is 13.5. The standard InChI is InChI=1S/C9H16F6N2/c1-2-3-16-4-5-17-6-7(8(10,11)12)9(13,14)15/h7,16-17H,2-6H2,1H3. The second-order valence-corrected chi connectivity index (χ2v) is 3.59. The molecule has 0 saturated heterocycles. The molecule has 0 aromatic carbocycles. The number of halogens is 6. The third kappa shape index (κ3) is 7.43. The molecule has 0 unspecified atom stereocenters. The van der Waals surface area contributed by atoms with Gasteiger partial charge in [-0.1, -0.05) is 6.92 Å². The molecule has 0 aliphatic carbocycles. The van der Waals surface area contributed by atoms with Crippen LogP contribution in [0.1, 0.15) is 13.3 Å². The van der Waals surface area contributed by atoms with E-state index < -0.39 is 24.8 Å². The molecule has 0 aliphatic rings. The smallest absolute Gasteiger partial charge is 0.315 e. The zero-order valence-corrected chi connectivity index (χ0v) is 9.38. The van der Waals surface area contributed by atoms with Crippen LogP contribution in [0.3, 0.4) is 0 Å². The van der Waals surface area contributed by atoms with Crippen LogP contribution in [0.15, 0.2) is 0 Å². The molecule has 0 aromatic rings. The molecular weight excluding hydrogens is 250 g/mol. The van der Waals surface area contributed by atoms with Gasteiger partial charge in [0.2, 0.25) is 0 Å². The minimum Gasteiger partial charge on any atom is -0.315 e. The Hall–Kier alpha value is -0.500. The Morgan fingerprint density at radius 1 is 0.824 bits per heavy atom. The van der Waals surface area contributed by atoms with Gasteiger partial charge < -0.3 is 10.6 Å². The van der Waals surface area contributed by atoms with Crippen LogP contribution in [0.25, 0.3) is 0 Å². The molecule has 0 aliphatic heterocycles. The van der Waals surface area contributed by atoms with Gasteiger partial charge in [-0.05, 0) is 13.0 Å². The van der Waals surface area contributed by atoms with Gasteiger partial charge in [0, 0.05) is 19.6 Å². The van der Waals surface area contributed by atoms with Gasteiger partial charge in [-0.15, -0.1) is 0 Å². The van der Waals surface area contributed by atoms with Crippen LogP contribution < -0.4 is 10.6 Å². The molecule has 0 amide bonds. The van der Waals surface area contributed by atoms with Crippen LogP contribution in [0, 0.1) is 5.92 Å². The molecule has 0 bridgehead atoms. The van der Waals surface area contributed by atoms with Crippen LogP contribution in [-0.2, 0) is 0 Å². The minimum atomic E-state index is -5.26. The third-order valence-electron chi connectivity index (χ3n) is 2.04. The van der Waals surface area contributed by atoms with Crippen LogP contribution in [0.4, 0.5) is 26.3 Å². The zero-order valence-electron chi connectivity index (χ0n) is 9.38. The quantitative estimate of drug-likeness (QED) is 0.546. The molecule has 2 N–H and O–H groups in total. The summed E-state index contributed by atoms with van der Waals surface area (Å²) in [5.74, 6) is -3.30. The summed E-state index contributed by atoms with van der Waals surface area (Å²) in [4.78, 5) is 0. The number of rotatable bonds is 7. The Balaban J connectivity index is 3.95. The van der Waals surface area contributed by atoms with Gasteiger partial charge in [0.05, 0.1) is 0 Å². The summed E-state index contributed by atoms with van der Waals surface area (Å²) in [6.45, 7) is 1.87. The molecule has 0 saturated carbocycles. The van der Waals surface area contributed by atoms with E-state index in [1.807, 2.05) is 6.92 Å². The molecule has 17 heavy (non-hydrogen) atoms. The number of hydrogen-bond acceptors (Lipinski definition) is 2. The summed E-state index contributed by atoms with van der Waals surface area (Å²) >= 11 is 0. The van der Waals surface area contributed by atoms with Gasteiger partial charge in [0.15, 0.2) is 5.92 Å². The lowest BCUT2D eigenvalue weighted by atomic mass is 10.1. The number of hydrogen-bond donors (Lipinski definition) is 2. The molecule has 0 spiro atoms. The average molecular weight is 266 g/mol. The fourth-order valence-electron chi connectivity index (χ4n) is 1.14. The van der Waals surface area contributed by atoms with Crippen molar-refractivity contribution in [1.29, 1.82) is 0 Å². The SMILES string of the molecule is CCCNCCNCC(C(F)(F)F)C(F)(F)F. The van der Waals surface area contributed by atoms with Gasteiger partial charge in [0.25, 0.3) is 0 Å². The van der Waals surface area contributed by atoms with Crippen molar-refractivity contribution in [1.82, 2.24) is 10.6 Å². The Bertz CT molecular complexity index is 187. The van der Waals surface area contributed by atoms with Crippen molar-refractivity contribution in [2.45, 2.75) is 25.7 Å². The lowest BCUT2D eigenvalue weighted by Gasteiger charge is -2.23. The van der Waals surface area contributed by atoms with E-state index in [2.05, 4.69) is 10.6 Å². The summed E-state index contributed by atoms with van der Waals surface area (Å²) < 4.78 is 72.4. The van der Waals surface area contributed by atoms with Crippen molar-refractivity contribution in [3.63, 3.8) is 0 Å². The highest BCUT2D eigenvalue weighted by Crippen LogP contribution is 2.38. The maximum absolute atomic E-state index is 12.1. The van der Waals surface area contributed by atoms with Crippen LogP contribution >= 0.6 is 0 Å². The highest BCUT2D eigenvalue weighted by atomic mass is 19.4. The van der Waals surface area contributed by atoms with Gasteiger partial charge in [-0.25, -0.2) is 0 Å². The van der Waals surface area contributed by atoms with Crippen LogP contribution in [0.2, 0.25) is 0 Å². The predicted molar refractivity (Wildman–Crippen MR) is 51.6 cm³/mol. The lowest BCUT2D eigenvalue weighted by Crippen LogP contribution is -2.44. The van der Waals surface area contributed by atoms with Crippen molar-refractivity contribution < 1.29 is 26.3 Å². The molecule has 0 radical (unpaired) electrons. The maximum atomic E-state index is 12.1. The highest BCUT2D eigenvalue weighted by Gasteiger charge is 2.56. The second kappa shape index (κ2) is 7.05. The summed E-state index contributed by atoms with van der Waals surface area (Å²) in [6, 6.07) is 0. The summed E-state index contributed by atoms with van der Waals surface area (Å²) in [5, 5.41) is 5.02. The van der Waals surface area contributed by atoms with E-state index in [4.69, 9.17) is 0 Å². The van der Waals surface area contributed by atoms with Gasteiger partial charge >= 0.3 is 12.4 Å². The van der Waals surface area contributed by atoms with Gasteiger partial charge in [-0.2, -0.15) is 26.3 Å². The predicted octanol–water partition coefficient (Wildman–Crippen LogP) is 2.32. The van der Waals surface area contributed by atoms with Crippen molar-refractivity contribution in [2.24, 2.45) is 5.92 Å². The fraction of sp³-hybridized carbons (Fsp3) is 1.00. The normalized spacial score (nSPS) is 13.4. The Labute approximate surface area is 95.8 Å². The summed E-state index contributed by atoms with van der Waals surface area (Å²) in [5.41, 5.74) is 0. The molecule has 0 fully saturated rings. The molecule has 0 aromatic heterocycles. The average Bonchev–Trinajstić information content (AvgIpc) is 2.12. The third-order valence-corrected chi connectivity index (χ3v) is 2.04. The molecule has 0 rings (SSSR count). The Morgan fingerprint density at radius 2 is 1.29 bits per heavy atom. The van der Waals surface area contributed by atoms with Gasteiger partial charge in [-0.3, -0.25) is 0 Å². The van der Waals surface area contributed by atoms with E-state index in [0.29, 0.717) is 13.1 Å². The Kier molecular flexibility index (Phi) is 6.84. The molecular formula is C9H16F6N2. The van der Waals surface area contributed by atoms with E-state index in [9.17, 15) is 26.3 Å².